The Kier molecular flexibility index (Phi) is 7.16. The van der Waals surface area contributed by atoms with E-state index in [2.05, 4.69) is 0 Å². The summed E-state index contributed by atoms with van der Waals surface area (Å²) in [5.41, 5.74) is -7.66. The third-order valence-corrected chi connectivity index (χ3v) is 4.91. The number of nitro groups is 1. The highest BCUT2D eigenvalue weighted by atomic mass is 35.5. The zero-order chi connectivity index (χ0) is 23.6. The van der Waals surface area contributed by atoms with Gasteiger partial charge < -0.3 is 10.1 Å². The molecule has 0 saturated heterocycles. The van der Waals surface area contributed by atoms with Gasteiger partial charge in [0.1, 0.15) is 0 Å². The molecule has 15 heteroatoms. The second kappa shape index (κ2) is 9.09. The number of ether oxygens (including phenoxy) is 1. The van der Waals surface area contributed by atoms with Crippen molar-refractivity contribution in [2.24, 2.45) is 0 Å². The lowest BCUT2D eigenvalue weighted by molar-refractivity contribution is -0.386. The highest BCUT2D eigenvalue weighted by Gasteiger charge is 2.39. The molecule has 0 aliphatic carbocycles. The summed E-state index contributed by atoms with van der Waals surface area (Å²) in [5, 5.41) is 12.9. The summed E-state index contributed by atoms with van der Waals surface area (Å²) in [6, 6.07) is 3.88. The summed E-state index contributed by atoms with van der Waals surface area (Å²) in [6.45, 7) is -0.949. The maximum absolute atomic E-state index is 12.8. The quantitative estimate of drug-likeness (QED) is 0.352. The van der Waals surface area contributed by atoms with Gasteiger partial charge in [-0.15, -0.1) is 0 Å². The molecule has 0 saturated carbocycles. The van der Waals surface area contributed by atoms with Gasteiger partial charge in [-0.2, -0.15) is 26.3 Å². The number of benzene rings is 2. The van der Waals surface area contributed by atoms with Crippen molar-refractivity contribution >= 4 is 39.7 Å². The number of nitro benzene ring substituents is 1. The van der Waals surface area contributed by atoms with Gasteiger partial charge in [0.15, 0.2) is 23.2 Å². The first-order chi connectivity index (χ1) is 14.2. The molecule has 0 aliphatic rings. The van der Waals surface area contributed by atoms with Crippen LogP contribution in [0.1, 0.15) is 5.56 Å². The standard InChI is InChI=1S/C16H9ClF6N2O5S/c17-10-3-1-8(15(18,19)20)5-11(10)24-14(26)7-30-13-4-2-9(6-12(13)25(27)28)31(29)16(21,22)23/h1-6H,7H2,(H,24,26). The normalized spacial score (nSPS) is 12.9. The first kappa shape index (κ1) is 24.4. The van der Waals surface area contributed by atoms with Crippen LogP contribution in [0.2, 0.25) is 5.02 Å². The molecule has 31 heavy (non-hydrogen) atoms. The smallest absolute Gasteiger partial charge is 0.475 e. The predicted molar refractivity (Wildman–Crippen MR) is 96.1 cm³/mol. The van der Waals surface area contributed by atoms with Crippen LogP contribution < -0.4 is 10.1 Å². The molecule has 0 fully saturated rings. The van der Waals surface area contributed by atoms with E-state index in [1.807, 2.05) is 5.32 Å². The van der Waals surface area contributed by atoms with Crippen molar-refractivity contribution in [2.45, 2.75) is 16.6 Å². The molecule has 1 N–H and O–H groups in total. The van der Waals surface area contributed by atoms with Gasteiger partial charge in [-0.3, -0.25) is 14.9 Å². The van der Waals surface area contributed by atoms with Gasteiger partial charge in [-0.05, 0) is 30.3 Å². The van der Waals surface area contributed by atoms with Crippen molar-refractivity contribution in [1.29, 1.82) is 0 Å². The monoisotopic (exact) mass is 490 g/mol. The van der Waals surface area contributed by atoms with Crippen molar-refractivity contribution in [1.82, 2.24) is 0 Å². The summed E-state index contributed by atoms with van der Waals surface area (Å²) < 4.78 is 92.1. The molecule has 0 aromatic heterocycles. The van der Waals surface area contributed by atoms with Crippen LogP contribution in [0.15, 0.2) is 41.3 Å². The van der Waals surface area contributed by atoms with Crippen LogP contribution in [0.5, 0.6) is 5.75 Å². The Morgan fingerprint density at radius 2 is 1.77 bits per heavy atom. The second-order valence-corrected chi connectivity index (χ2v) is 7.51. The van der Waals surface area contributed by atoms with Gasteiger partial charge in [0, 0.05) is 6.07 Å². The minimum absolute atomic E-state index is 0.230. The Morgan fingerprint density at radius 1 is 1.13 bits per heavy atom. The number of nitrogens with one attached hydrogen (secondary N) is 1. The number of halogens is 7. The number of hydrogen-bond donors (Lipinski definition) is 1. The maximum Gasteiger partial charge on any atom is 0.475 e. The van der Waals surface area contributed by atoms with Gasteiger partial charge in [-0.25, -0.2) is 4.21 Å². The molecule has 0 aliphatic heterocycles. The first-order valence-electron chi connectivity index (χ1n) is 7.76. The number of alkyl halides is 6. The van der Waals surface area contributed by atoms with E-state index in [4.69, 9.17) is 16.3 Å². The van der Waals surface area contributed by atoms with Crippen molar-refractivity contribution < 1.29 is 45.0 Å². The van der Waals surface area contributed by atoms with Crippen molar-refractivity contribution in [2.75, 3.05) is 11.9 Å². The average Bonchev–Trinajstić information content (AvgIpc) is 2.65. The van der Waals surface area contributed by atoms with E-state index in [0.29, 0.717) is 30.3 Å². The molecule has 0 spiro atoms. The Bertz CT molecular complexity index is 1040. The van der Waals surface area contributed by atoms with E-state index in [9.17, 15) is 45.5 Å². The highest BCUT2D eigenvalue weighted by Crippen LogP contribution is 2.35. The fraction of sp³-hybridized carbons (Fsp3) is 0.188. The molecule has 2 aromatic rings. The van der Waals surface area contributed by atoms with Crippen molar-refractivity contribution in [3.05, 3.63) is 57.1 Å². The van der Waals surface area contributed by atoms with E-state index >= 15 is 0 Å². The Morgan fingerprint density at radius 3 is 2.32 bits per heavy atom. The van der Waals surface area contributed by atoms with Gasteiger partial charge in [0.25, 0.3) is 5.91 Å². The fourth-order valence-electron chi connectivity index (χ4n) is 2.14. The number of carbonyl (C=O) groups is 1. The summed E-state index contributed by atoms with van der Waals surface area (Å²) in [4.78, 5) is 21.0. The Hall–Kier alpha value is -2.87. The van der Waals surface area contributed by atoms with Gasteiger partial charge >= 0.3 is 17.4 Å². The molecule has 2 rings (SSSR count). The summed E-state index contributed by atoms with van der Waals surface area (Å²) in [6.07, 6.45) is -4.71. The third-order valence-electron chi connectivity index (χ3n) is 3.48. The zero-order valence-corrected chi connectivity index (χ0v) is 16.3. The lowest BCUT2D eigenvalue weighted by atomic mass is 10.2. The molecule has 0 heterocycles. The van der Waals surface area contributed by atoms with E-state index in [0.717, 1.165) is 6.07 Å². The largest absolute Gasteiger partial charge is 0.477 e. The molecule has 1 amide bonds. The fourth-order valence-corrected chi connectivity index (χ4v) is 2.98. The summed E-state index contributed by atoms with van der Waals surface area (Å²) in [5.74, 6) is -1.68. The molecule has 0 radical (unpaired) electrons. The SMILES string of the molecule is O=C(COc1ccc(S(=O)C(F)(F)F)cc1[N+](=O)[O-])Nc1cc(C(F)(F)F)ccc1Cl. The second-order valence-electron chi connectivity index (χ2n) is 5.63. The molecule has 2 aromatic carbocycles. The lowest BCUT2D eigenvalue weighted by Gasteiger charge is -2.12. The van der Waals surface area contributed by atoms with Crippen LogP contribution in [-0.4, -0.2) is 27.2 Å². The van der Waals surface area contributed by atoms with Crippen LogP contribution in [0, 0.1) is 10.1 Å². The summed E-state index contributed by atoms with van der Waals surface area (Å²) >= 11 is 5.73. The number of carbonyl (C=O) groups excluding carboxylic acids is 1. The molecular weight excluding hydrogens is 482 g/mol. The van der Waals surface area contributed by atoms with E-state index in [-0.39, 0.29) is 5.02 Å². The molecule has 1 unspecified atom stereocenters. The first-order valence-corrected chi connectivity index (χ1v) is 9.29. The van der Waals surface area contributed by atoms with Crippen LogP contribution >= 0.6 is 11.6 Å². The van der Waals surface area contributed by atoms with Crippen molar-refractivity contribution in [3.8, 4) is 5.75 Å². The van der Waals surface area contributed by atoms with E-state index in [1.165, 1.54) is 0 Å². The number of rotatable bonds is 6. The minimum atomic E-state index is -5.15. The van der Waals surface area contributed by atoms with Crippen LogP contribution in [0.25, 0.3) is 0 Å². The lowest BCUT2D eigenvalue weighted by Crippen LogP contribution is -2.21. The van der Waals surface area contributed by atoms with E-state index in [1.54, 1.807) is 0 Å². The molecule has 0 bridgehead atoms. The topological polar surface area (TPSA) is 98.5 Å². The average molecular weight is 491 g/mol. The van der Waals surface area contributed by atoms with Gasteiger partial charge in [0.05, 0.1) is 26.1 Å². The third kappa shape index (κ3) is 6.30. The molecular formula is C16H9ClF6N2O5S. The Balaban J connectivity index is 2.17. The minimum Gasteiger partial charge on any atom is -0.477 e. The number of amides is 1. The zero-order valence-electron chi connectivity index (χ0n) is 14.7. The molecule has 7 nitrogen and oxygen atoms in total. The molecule has 1 atom stereocenters. The number of nitrogens with zero attached hydrogens (tertiary/aromatic N) is 1. The van der Waals surface area contributed by atoms with Crippen LogP contribution in [0.3, 0.4) is 0 Å². The highest BCUT2D eigenvalue weighted by molar-refractivity contribution is 7.86. The number of anilines is 1. The van der Waals surface area contributed by atoms with Gasteiger partial charge in [-0.1, -0.05) is 11.6 Å². The predicted octanol–water partition coefficient (Wildman–Crippen LogP) is 4.91. The van der Waals surface area contributed by atoms with E-state index < -0.39 is 67.5 Å². The molecule has 168 valence electrons. The summed E-state index contributed by atoms with van der Waals surface area (Å²) in [7, 11) is -3.53. The van der Waals surface area contributed by atoms with Crippen molar-refractivity contribution in [3.63, 3.8) is 0 Å². The maximum atomic E-state index is 12.8. The Labute approximate surface area is 176 Å². The van der Waals surface area contributed by atoms with Gasteiger partial charge in [0.2, 0.25) is 0 Å². The number of hydrogen-bond acceptors (Lipinski definition) is 5. The van der Waals surface area contributed by atoms with Crippen LogP contribution in [-0.2, 0) is 21.8 Å². The van der Waals surface area contributed by atoms with Crippen LogP contribution in [0.4, 0.5) is 37.7 Å².